The zero-order chi connectivity index (χ0) is 12.8. The monoisotopic (exact) mass is 286 g/mol. The first kappa shape index (κ1) is 13.8. The highest BCUT2D eigenvalue weighted by atomic mass is 35.5. The van der Waals surface area contributed by atoms with E-state index in [1.54, 1.807) is 11.3 Å². The SMILES string of the molecule is O=C(CCc1cc(Cl)cs1)NCCC1CCNC1. The summed E-state index contributed by atoms with van der Waals surface area (Å²) in [7, 11) is 0. The summed E-state index contributed by atoms with van der Waals surface area (Å²) in [6, 6.07) is 1.93. The largest absolute Gasteiger partial charge is 0.356 e. The number of nitrogens with one attached hydrogen (secondary N) is 2. The molecule has 2 rings (SSSR count). The lowest BCUT2D eigenvalue weighted by atomic mass is 10.1. The molecule has 1 fully saturated rings. The van der Waals surface area contributed by atoms with Gasteiger partial charge in [0.2, 0.25) is 5.91 Å². The van der Waals surface area contributed by atoms with Crippen molar-refractivity contribution in [2.24, 2.45) is 5.92 Å². The Kier molecular flexibility index (Phi) is 5.47. The molecule has 1 atom stereocenters. The van der Waals surface area contributed by atoms with E-state index < -0.39 is 0 Å². The van der Waals surface area contributed by atoms with Crippen LogP contribution in [0.25, 0.3) is 0 Å². The number of halogens is 1. The molecular weight excluding hydrogens is 268 g/mol. The van der Waals surface area contributed by atoms with Crippen LogP contribution in [-0.4, -0.2) is 25.5 Å². The molecule has 2 heterocycles. The van der Waals surface area contributed by atoms with E-state index in [-0.39, 0.29) is 5.91 Å². The van der Waals surface area contributed by atoms with Gasteiger partial charge in [0, 0.05) is 23.2 Å². The first-order valence-electron chi connectivity index (χ1n) is 6.44. The van der Waals surface area contributed by atoms with Crippen LogP contribution < -0.4 is 10.6 Å². The summed E-state index contributed by atoms with van der Waals surface area (Å²) in [5.41, 5.74) is 0. The van der Waals surface area contributed by atoms with Crippen LogP contribution in [0.4, 0.5) is 0 Å². The summed E-state index contributed by atoms with van der Waals surface area (Å²) >= 11 is 7.45. The van der Waals surface area contributed by atoms with E-state index in [2.05, 4.69) is 10.6 Å². The second-order valence-electron chi connectivity index (χ2n) is 4.73. The van der Waals surface area contributed by atoms with Gasteiger partial charge in [0.1, 0.15) is 0 Å². The lowest BCUT2D eigenvalue weighted by Gasteiger charge is -2.09. The standard InChI is InChI=1S/C13H19ClN2OS/c14-11-7-12(18-9-11)1-2-13(17)16-6-4-10-3-5-15-8-10/h7,9-10,15H,1-6,8H2,(H,16,17). The van der Waals surface area contributed by atoms with Crippen LogP contribution in [0, 0.1) is 5.92 Å². The van der Waals surface area contributed by atoms with Crippen molar-refractivity contribution in [2.75, 3.05) is 19.6 Å². The van der Waals surface area contributed by atoms with Gasteiger partial charge in [-0.25, -0.2) is 0 Å². The summed E-state index contributed by atoms with van der Waals surface area (Å²) in [5.74, 6) is 0.881. The molecule has 1 aliphatic heterocycles. The molecule has 0 saturated carbocycles. The van der Waals surface area contributed by atoms with Crippen molar-refractivity contribution in [3.8, 4) is 0 Å². The number of aryl methyl sites for hydroxylation is 1. The van der Waals surface area contributed by atoms with Gasteiger partial charge in [0.15, 0.2) is 0 Å². The van der Waals surface area contributed by atoms with Gasteiger partial charge in [0.05, 0.1) is 5.02 Å². The van der Waals surface area contributed by atoms with Crippen molar-refractivity contribution in [2.45, 2.75) is 25.7 Å². The number of hydrogen-bond donors (Lipinski definition) is 2. The number of thiophene rings is 1. The second-order valence-corrected chi connectivity index (χ2v) is 6.16. The molecule has 1 aromatic heterocycles. The van der Waals surface area contributed by atoms with Gasteiger partial charge in [-0.1, -0.05) is 11.6 Å². The number of rotatable bonds is 6. The third kappa shape index (κ3) is 4.59. The van der Waals surface area contributed by atoms with E-state index in [0.717, 1.165) is 43.4 Å². The highest BCUT2D eigenvalue weighted by Crippen LogP contribution is 2.20. The summed E-state index contributed by atoms with van der Waals surface area (Å²) in [6.45, 7) is 3.03. The van der Waals surface area contributed by atoms with Crippen molar-refractivity contribution in [3.05, 3.63) is 21.3 Å². The molecule has 0 bridgehead atoms. The Bertz CT molecular complexity index is 388. The third-order valence-electron chi connectivity index (χ3n) is 3.26. The van der Waals surface area contributed by atoms with Crippen molar-refractivity contribution in [3.63, 3.8) is 0 Å². The molecule has 5 heteroatoms. The van der Waals surface area contributed by atoms with Gasteiger partial charge in [0.25, 0.3) is 0 Å². The van der Waals surface area contributed by atoms with Crippen molar-refractivity contribution in [1.82, 2.24) is 10.6 Å². The summed E-state index contributed by atoms with van der Waals surface area (Å²) in [6.07, 6.45) is 3.67. The van der Waals surface area contributed by atoms with E-state index in [4.69, 9.17) is 11.6 Å². The van der Waals surface area contributed by atoms with E-state index in [1.807, 2.05) is 11.4 Å². The number of amides is 1. The predicted molar refractivity (Wildman–Crippen MR) is 76.3 cm³/mol. The first-order valence-corrected chi connectivity index (χ1v) is 7.70. The van der Waals surface area contributed by atoms with E-state index in [0.29, 0.717) is 6.42 Å². The molecule has 100 valence electrons. The molecule has 0 aliphatic carbocycles. The van der Waals surface area contributed by atoms with E-state index >= 15 is 0 Å². The third-order valence-corrected chi connectivity index (χ3v) is 4.60. The minimum absolute atomic E-state index is 0.144. The molecule has 18 heavy (non-hydrogen) atoms. The normalized spacial score (nSPS) is 19.1. The molecular formula is C13H19ClN2OS. The van der Waals surface area contributed by atoms with Crippen molar-refractivity contribution in [1.29, 1.82) is 0 Å². The van der Waals surface area contributed by atoms with Crippen LogP contribution in [0.15, 0.2) is 11.4 Å². The van der Waals surface area contributed by atoms with Crippen LogP contribution in [0.3, 0.4) is 0 Å². The molecule has 0 spiro atoms. The minimum Gasteiger partial charge on any atom is -0.356 e. The Morgan fingerprint density at radius 1 is 1.61 bits per heavy atom. The van der Waals surface area contributed by atoms with Crippen molar-refractivity contribution < 1.29 is 4.79 Å². The van der Waals surface area contributed by atoms with Crippen LogP contribution in [0.1, 0.15) is 24.1 Å². The lowest BCUT2D eigenvalue weighted by molar-refractivity contribution is -0.121. The quantitative estimate of drug-likeness (QED) is 0.843. The Balaban J connectivity index is 1.57. The second kappa shape index (κ2) is 7.12. The van der Waals surface area contributed by atoms with Gasteiger partial charge < -0.3 is 10.6 Å². The predicted octanol–water partition coefficient (Wildman–Crippen LogP) is 2.45. The zero-order valence-electron chi connectivity index (χ0n) is 10.4. The maximum absolute atomic E-state index is 11.6. The molecule has 0 radical (unpaired) electrons. The maximum atomic E-state index is 11.6. The molecule has 1 unspecified atom stereocenters. The van der Waals surface area contributed by atoms with Crippen LogP contribution in [-0.2, 0) is 11.2 Å². The fourth-order valence-corrected chi connectivity index (χ4v) is 3.26. The fourth-order valence-electron chi connectivity index (χ4n) is 2.19. The number of hydrogen-bond acceptors (Lipinski definition) is 3. The Morgan fingerprint density at radius 2 is 2.50 bits per heavy atom. The number of carbonyl (C=O) groups excluding carboxylic acids is 1. The van der Waals surface area contributed by atoms with Crippen LogP contribution >= 0.6 is 22.9 Å². The number of carbonyl (C=O) groups is 1. The van der Waals surface area contributed by atoms with Gasteiger partial charge in [-0.15, -0.1) is 11.3 Å². The average molecular weight is 287 g/mol. The van der Waals surface area contributed by atoms with Gasteiger partial charge in [-0.3, -0.25) is 4.79 Å². The molecule has 1 aromatic rings. The summed E-state index contributed by atoms with van der Waals surface area (Å²) < 4.78 is 0. The molecule has 3 nitrogen and oxygen atoms in total. The van der Waals surface area contributed by atoms with E-state index in [1.165, 1.54) is 11.3 Å². The Labute approximate surface area is 117 Å². The van der Waals surface area contributed by atoms with Crippen molar-refractivity contribution >= 4 is 28.8 Å². The molecule has 1 saturated heterocycles. The molecule has 1 aliphatic rings. The molecule has 1 amide bonds. The molecule has 2 N–H and O–H groups in total. The van der Waals surface area contributed by atoms with Crippen LogP contribution in [0.5, 0.6) is 0 Å². The smallest absolute Gasteiger partial charge is 0.220 e. The highest BCUT2D eigenvalue weighted by Gasteiger charge is 2.14. The molecule has 0 aromatic carbocycles. The topological polar surface area (TPSA) is 41.1 Å². The Hall–Kier alpha value is -0.580. The van der Waals surface area contributed by atoms with Gasteiger partial charge in [-0.2, -0.15) is 0 Å². The van der Waals surface area contributed by atoms with E-state index in [9.17, 15) is 4.79 Å². The van der Waals surface area contributed by atoms with Gasteiger partial charge >= 0.3 is 0 Å². The Morgan fingerprint density at radius 3 is 3.17 bits per heavy atom. The fraction of sp³-hybridized carbons (Fsp3) is 0.615. The summed E-state index contributed by atoms with van der Waals surface area (Å²) in [5, 5.41) is 9.00. The average Bonchev–Trinajstić information content (AvgIpc) is 2.98. The van der Waals surface area contributed by atoms with Gasteiger partial charge in [-0.05, 0) is 44.3 Å². The maximum Gasteiger partial charge on any atom is 0.220 e. The summed E-state index contributed by atoms with van der Waals surface area (Å²) in [4.78, 5) is 12.8. The highest BCUT2D eigenvalue weighted by molar-refractivity contribution is 7.10. The minimum atomic E-state index is 0.144. The zero-order valence-corrected chi connectivity index (χ0v) is 11.9. The first-order chi connectivity index (χ1) is 8.74. The van der Waals surface area contributed by atoms with Crippen LogP contribution in [0.2, 0.25) is 5.02 Å². The lowest BCUT2D eigenvalue weighted by Crippen LogP contribution is -2.26.